The van der Waals surface area contributed by atoms with E-state index in [0.717, 1.165) is 22.6 Å². The van der Waals surface area contributed by atoms with Crippen molar-refractivity contribution in [2.45, 2.75) is 6.54 Å². The van der Waals surface area contributed by atoms with Gasteiger partial charge in [-0.25, -0.2) is 14.3 Å². The number of aromatic nitrogens is 4. The van der Waals surface area contributed by atoms with E-state index in [0.29, 0.717) is 12.2 Å². The molecule has 8 heteroatoms. The first-order valence-corrected chi connectivity index (χ1v) is 8.29. The minimum atomic E-state index is -1.20. The zero-order chi connectivity index (χ0) is 18.6. The summed E-state index contributed by atoms with van der Waals surface area (Å²) in [6, 6.07) is 19.3. The summed E-state index contributed by atoms with van der Waals surface area (Å²) in [5.41, 5.74) is 3.46. The molecule has 3 N–H and O–H groups in total. The average Bonchev–Trinajstić information content (AvgIpc) is 3.09. The lowest BCUT2D eigenvalue weighted by Gasteiger charge is -2.08. The molecule has 4 aromatic rings. The molecule has 134 valence electrons. The fraction of sp³-hybridized carbons (Fsp3) is 0.0526. The van der Waals surface area contributed by atoms with Crippen molar-refractivity contribution in [1.29, 1.82) is 0 Å². The maximum atomic E-state index is 10.8. The number of anilines is 2. The Morgan fingerprint density at radius 1 is 1.04 bits per heavy atom. The van der Waals surface area contributed by atoms with Crippen LogP contribution in [0.25, 0.3) is 16.9 Å². The normalized spacial score (nSPS) is 10.7. The lowest BCUT2D eigenvalue weighted by molar-refractivity contribution is 0.209. The van der Waals surface area contributed by atoms with Gasteiger partial charge in [0.1, 0.15) is 5.82 Å². The van der Waals surface area contributed by atoms with Gasteiger partial charge in [0.25, 0.3) is 5.95 Å². The van der Waals surface area contributed by atoms with Crippen molar-refractivity contribution in [3.63, 3.8) is 0 Å². The van der Waals surface area contributed by atoms with Gasteiger partial charge in [0.15, 0.2) is 5.65 Å². The SMILES string of the molecule is O=C(O)Nc1nc2cccc(-c3ccc(CNc4ccccn4)cc3)n2n1. The van der Waals surface area contributed by atoms with E-state index >= 15 is 0 Å². The van der Waals surface area contributed by atoms with E-state index in [1.165, 1.54) is 0 Å². The van der Waals surface area contributed by atoms with Gasteiger partial charge in [-0.15, -0.1) is 5.10 Å². The number of nitrogens with one attached hydrogen (secondary N) is 2. The highest BCUT2D eigenvalue weighted by Gasteiger charge is 2.10. The number of nitrogens with zero attached hydrogens (tertiary/aromatic N) is 4. The average molecular weight is 360 g/mol. The Morgan fingerprint density at radius 2 is 1.89 bits per heavy atom. The number of fused-ring (bicyclic) bond motifs is 1. The van der Waals surface area contributed by atoms with Gasteiger partial charge in [-0.2, -0.15) is 4.98 Å². The minimum absolute atomic E-state index is 0.0473. The molecule has 3 heterocycles. The third-order valence-corrected chi connectivity index (χ3v) is 3.97. The Kier molecular flexibility index (Phi) is 4.36. The number of carbonyl (C=O) groups is 1. The maximum Gasteiger partial charge on any atom is 0.411 e. The number of pyridine rings is 2. The molecule has 0 atom stereocenters. The second kappa shape index (κ2) is 7.12. The molecule has 0 bridgehead atoms. The number of benzene rings is 1. The zero-order valence-corrected chi connectivity index (χ0v) is 14.2. The first-order chi connectivity index (χ1) is 13.2. The molecule has 1 amide bonds. The van der Waals surface area contributed by atoms with Crippen LogP contribution in [-0.2, 0) is 6.54 Å². The first-order valence-electron chi connectivity index (χ1n) is 8.29. The van der Waals surface area contributed by atoms with Crippen LogP contribution in [0.4, 0.5) is 16.6 Å². The molecule has 0 radical (unpaired) electrons. The number of amides is 1. The van der Waals surface area contributed by atoms with Crippen molar-refractivity contribution in [3.05, 3.63) is 72.4 Å². The lowest BCUT2D eigenvalue weighted by Crippen LogP contribution is -2.08. The molecule has 0 aliphatic rings. The van der Waals surface area contributed by atoms with E-state index in [1.807, 2.05) is 54.6 Å². The Morgan fingerprint density at radius 3 is 2.63 bits per heavy atom. The number of carboxylic acid groups (broad SMARTS) is 1. The molecule has 0 saturated carbocycles. The van der Waals surface area contributed by atoms with E-state index in [4.69, 9.17) is 5.11 Å². The lowest BCUT2D eigenvalue weighted by atomic mass is 10.1. The van der Waals surface area contributed by atoms with Gasteiger partial charge in [0, 0.05) is 18.3 Å². The molecular weight excluding hydrogens is 344 g/mol. The second-order valence-electron chi connectivity index (χ2n) is 5.81. The van der Waals surface area contributed by atoms with Gasteiger partial charge >= 0.3 is 6.09 Å². The van der Waals surface area contributed by atoms with E-state index in [1.54, 1.807) is 16.8 Å². The van der Waals surface area contributed by atoms with Gasteiger partial charge < -0.3 is 10.4 Å². The van der Waals surface area contributed by atoms with Crippen LogP contribution in [0.3, 0.4) is 0 Å². The van der Waals surface area contributed by atoms with Crippen molar-refractivity contribution in [1.82, 2.24) is 19.6 Å². The van der Waals surface area contributed by atoms with E-state index in [-0.39, 0.29) is 5.95 Å². The molecule has 0 saturated heterocycles. The molecule has 0 fully saturated rings. The monoisotopic (exact) mass is 360 g/mol. The molecule has 1 aromatic carbocycles. The highest BCUT2D eigenvalue weighted by atomic mass is 16.4. The van der Waals surface area contributed by atoms with Crippen molar-refractivity contribution in [2.24, 2.45) is 0 Å². The molecule has 0 aliphatic carbocycles. The van der Waals surface area contributed by atoms with Crippen LogP contribution in [-0.4, -0.2) is 30.8 Å². The van der Waals surface area contributed by atoms with Crippen molar-refractivity contribution in [3.8, 4) is 11.3 Å². The number of hydrogen-bond donors (Lipinski definition) is 3. The fourth-order valence-corrected chi connectivity index (χ4v) is 2.73. The molecule has 0 unspecified atom stereocenters. The van der Waals surface area contributed by atoms with Crippen molar-refractivity contribution in [2.75, 3.05) is 10.6 Å². The summed E-state index contributed by atoms with van der Waals surface area (Å²) in [5.74, 6) is 0.874. The molecule has 8 nitrogen and oxygen atoms in total. The third-order valence-electron chi connectivity index (χ3n) is 3.97. The minimum Gasteiger partial charge on any atom is -0.465 e. The predicted octanol–water partition coefficient (Wildman–Crippen LogP) is 3.49. The van der Waals surface area contributed by atoms with Crippen LogP contribution < -0.4 is 10.6 Å². The number of hydrogen-bond acceptors (Lipinski definition) is 5. The second-order valence-corrected chi connectivity index (χ2v) is 5.81. The van der Waals surface area contributed by atoms with Crippen molar-refractivity contribution < 1.29 is 9.90 Å². The third kappa shape index (κ3) is 3.69. The summed E-state index contributed by atoms with van der Waals surface area (Å²) in [4.78, 5) is 19.2. The van der Waals surface area contributed by atoms with Crippen LogP contribution in [0.5, 0.6) is 0 Å². The summed E-state index contributed by atoms with van der Waals surface area (Å²) in [6.07, 6.45) is 0.551. The summed E-state index contributed by atoms with van der Waals surface area (Å²) in [6.45, 7) is 0.664. The molecule has 27 heavy (non-hydrogen) atoms. The fourth-order valence-electron chi connectivity index (χ4n) is 2.73. The predicted molar refractivity (Wildman–Crippen MR) is 102 cm³/mol. The first kappa shape index (κ1) is 16.5. The summed E-state index contributed by atoms with van der Waals surface area (Å²) in [5, 5.41) is 18.5. The number of rotatable bonds is 5. The van der Waals surface area contributed by atoms with Gasteiger partial charge in [0.2, 0.25) is 0 Å². The summed E-state index contributed by atoms with van der Waals surface area (Å²) < 4.78 is 1.62. The maximum absolute atomic E-state index is 10.8. The Bertz CT molecular complexity index is 1080. The smallest absolute Gasteiger partial charge is 0.411 e. The quantitative estimate of drug-likeness (QED) is 0.503. The van der Waals surface area contributed by atoms with Crippen LogP contribution >= 0.6 is 0 Å². The van der Waals surface area contributed by atoms with Gasteiger partial charge in [-0.1, -0.05) is 36.4 Å². The Balaban J connectivity index is 1.56. The largest absolute Gasteiger partial charge is 0.465 e. The van der Waals surface area contributed by atoms with Gasteiger partial charge in [-0.05, 0) is 29.8 Å². The summed E-state index contributed by atoms with van der Waals surface area (Å²) in [7, 11) is 0. The van der Waals surface area contributed by atoms with Crippen LogP contribution in [0.1, 0.15) is 5.56 Å². The molecule has 3 aromatic heterocycles. The molecular formula is C19H16N6O2. The molecule has 4 rings (SSSR count). The van der Waals surface area contributed by atoms with E-state index in [9.17, 15) is 4.79 Å². The van der Waals surface area contributed by atoms with Gasteiger partial charge in [0.05, 0.1) is 5.69 Å². The van der Waals surface area contributed by atoms with E-state index in [2.05, 4.69) is 25.7 Å². The highest BCUT2D eigenvalue weighted by Crippen LogP contribution is 2.21. The van der Waals surface area contributed by atoms with Crippen LogP contribution in [0.2, 0.25) is 0 Å². The van der Waals surface area contributed by atoms with Crippen molar-refractivity contribution >= 4 is 23.5 Å². The van der Waals surface area contributed by atoms with E-state index < -0.39 is 6.09 Å². The van der Waals surface area contributed by atoms with Crippen LogP contribution in [0.15, 0.2) is 66.9 Å². The highest BCUT2D eigenvalue weighted by molar-refractivity contribution is 5.80. The van der Waals surface area contributed by atoms with Gasteiger partial charge in [-0.3, -0.25) is 5.32 Å². The Labute approximate surface area is 154 Å². The Hall–Kier alpha value is -3.94. The molecule has 0 spiro atoms. The molecule has 0 aliphatic heterocycles. The topological polar surface area (TPSA) is 104 Å². The summed E-state index contributed by atoms with van der Waals surface area (Å²) >= 11 is 0. The zero-order valence-electron chi connectivity index (χ0n) is 14.2. The standard InChI is InChI=1S/C19H16N6O2/c26-19(27)23-18-22-17-6-3-4-15(25(17)24-18)14-9-7-13(8-10-14)12-21-16-5-1-2-11-20-16/h1-11H,12H2,(H,20,21)(H,23,24)(H,26,27). The van der Waals surface area contributed by atoms with Crippen LogP contribution in [0, 0.1) is 0 Å².